The highest BCUT2D eigenvalue weighted by atomic mass is 15.3. The molecule has 4 rings (SSSR count). The van der Waals surface area contributed by atoms with Crippen molar-refractivity contribution < 1.29 is 0 Å². The van der Waals surface area contributed by atoms with Crippen LogP contribution in [-0.2, 0) is 0 Å². The second-order valence-electron chi connectivity index (χ2n) is 10.7. The van der Waals surface area contributed by atoms with Crippen LogP contribution in [0.15, 0.2) is 37.2 Å². The van der Waals surface area contributed by atoms with Gasteiger partial charge >= 0.3 is 0 Å². The number of rotatable bonds is 7. The van der Waals surface area contributed by atoms with Crippen LogP contribution < -0.4 is 0 Å². The molecule has 1 saturated carbocycles. The van der Waals surface area contributed by atoms with Crippen molar-refractivity contribution in [2.45, 2.75) is 106 Å². The molecule has 0 saturated heterocycles. The first kappa shape index (κ1) is 26.3. The van der Waals surface area contributed by atoms with Gasteiger partial charge in [0, 0.05) is 23.7 Å². The average molecular weight is 462 g/mol. The minimum absolute atomic E-state index is 0.441. The van der Waals surface area contributed by atoms with E-state index < -0.39 is 0 Å². The van der Waals surface area contributed by atoms with Gasteiger partial charge in [0.15, 0.2) is 0 Å². The number of nitrogens with zero attached hydrogens (tertiary/aromatic N) is 3. The van der Waals surface area contributed by atoms with Gasteiger partial charge in [0.05, 0.1) is 17.3 Å². The lowest BCUT2D eigenvalue weighted by Gasteiger charge is -2.24. The third-order valence-corrected chi connectivity index (χ3v) is 7.76. The van der Waals surface area contributed by atoms with E-state index in [1.54, 1.807) is 0 Å². The van der Waals surface area contributed by atoms with Crippen LogP contribution in [0.1, 0.15) is 116 Å². The molecular weight excluding hydrogens is 414 g/mol. The highest BCUT2D eigenvalue weighted by Gasteiger charge is 2.23. The fraction of sp³-hybridized carbons (Fsp3) is 0.581. The molecule has 0 radical (unpaired) electrons. The minimum Gasteiger partial charge on any atom is -0.320 e. The predicted molar refractivity (Wildman–Crippen MR) is 149 cm³/mol. The standard InChI is InChI=1S/C29H41N3.C2H6/c1-19(2)21(5)17-22(6)26-18-28-25(14-16-31(28)29(20(3)4)23(26)7)27-13-15-30-32(27)24-11-9-8-10-12-24;1-2/h13-16,18-21,24H,6,8-12,17H2,1-5,7H3;1-2H3. The van der Waals surface area contributed by atoms with Crippen molar-refractivity contribution in [1.29, 1.82) is 0 Å². The quantitative estimate of drug-likeness (QED) is 0.343. The molecule has 1 aliphatic carbocycles. The summed E-state index contributed by atoms with van der Waals surface area (Å²) >= 11 is 0. The van der Waals surface area contributed by atoms with Gasteiger partial charge in [-0.05, 0) is 78.8 Å². The second-order valence-corrected chi connectivity index (χ2v) is 10.7. The van der Waals surface area contributed by atoms with Gasteiger partial charge in [-0.2, -0.15) is 5.10 Å². The van der Waals surface area contributed by atoms with Crippen LogP contribution in [0, 0.1) is 18.8 Å². The maximum atomic E-state index is 4.78. The van der Waals surface area contributed by atoms with Gasteiger partial charge in [-0.25, -0.2) is 0 Å². The Kier molecular flexibility index (Phi) is 8.84. The molecule has 0 bridgehead atoms. The molecule has 186 valence electrons. The summed E-state index contributed by atoms with van der Waals surface area (Å²) in [4.78, 5) is 0. The molecule has 3 aromatic rings. The zero-order valence-electron chi connectivity index (χ0n) is 23.0. The molecule has 3 nitrogen and oxygen atoms in total. The first-order valence-corrected chi connectivity index (χ1v) is 13.7. The first-order valence-electron chi connectivity index (χ1n) is 13.7. The average Bonchev–Trinajstić information content (AvgIpc) is 3.46. The van der Waals surface area contributed by atoms with Gasteiger partial charge < -0.3 is 4.40 Å². The number of aromatic nitrogens is 3. The van der Waals surface area contributed by atoms with E-state index >= 15 is 0 Å². The lowest BCUT2D eigenvalue weighted by atomic mass is 9.86. The van der Waals surface area contributed by atoms with E-state index in [1.807, 2.05) is 20.0 Å². The summed E-state index contributed by atoms with van der Waals surface area (Å²) in [6.45, 7) is 22.4. The largest absolute Gasteiger partial charge is 0.320 e. The highest BCUT2D eigenvalue weighted by Crippen LogP contribution is 2.38. The fourth-order valence-electron chi connectivity index (χ4n) is 5.54. The molecule has 1 unspecified atom stereocenters. The summed E-state index contributed by atoms with van der Waals surface area (Å²) in [5, 5.41) is 4.78. The Hall–Kier alpha value is -2.29. The van der Waals surface area contributed by atoms with Gasteiger partial charge in [-0.15, -0.1) is 0 Å². The van der Waals surface area contributed by atoms with Crippen molar-refractivity contribution >= 4 is 11.1 Å². The van der Waals surface area contributed by atoms with Gasteiger partial charge in [-0.1, -0.05) is 74.3 Å². The smallest absolute Gasteiger partial charge is 0.0707 e. The van der Waals surface area contributed by atoms with E-state index in [9.17, 15) is 0 Å². The Morgan fingerprint density at radius 1 is 1.06 bits per heavy atom. The van der Waals surface area contributed by atoms with E-state index in [0.29, 0.717) is 23.8 Å². The summed E-state index contributed by atoms with van der Waals surface area (Å²) in [6, 6.07) is 7.42. The van der Waals surface area contributed by atoms with E-state index in [1.165, 1.54) is 71.3 Å². The molecule has 1 fully saturated rings. The lowest BCUT2D eigenvalue weighted by Crippen LogP contribution is -2.15. The van der Waals surface area contributed by atoms with Gasteiger partial charge in [0.25, 0.3) is 0 Å². The zero-order valence-corrected chi connectivity index (χ0v) is 23.0. The monoisotopic (exact) mass is 461 g/mol. The molecular formula is C31H47N3. The van der Waals surface area contributed by atoms with E-state index in [2.05, 4.69) is 81.6 Å². The van der Waals surface area contributed by atoms with Crippen molar-refractivity contribution in [3.63, 3.8) is 0 Å². The molecule has 0 N–H and O–H groups in total. The fourth-order valence-corrected chi connectivity index (χ4v) is 5.54. The van der Waals surface area contributed by atoms with Crippen molar-refractivity contribution in [3.05, 3.63) is 54.0 Å². The molecule has 3 heterocycles. The molecule has 0 aromatic carbocycles. The summed E-state index contributed by atoms with van der Waals surface area (Å²) in [5.41, 5.74) is 9.19. The van der Waals surface area contributed by atoms with E-state index in [4.69, 9.17) is 5.10 Å². The van der Waals surface area contributed by atoms with Crippen molar-refractivity contribution in [1.82, 2.24) is 14.2 Å². The van der Waals surface area contributed by atoms with Crippen molar-refractivity contribution in [2.75, 3.05) is 0 Å². The highest BCUT2D eigenvalue weighted by molar-refractivity contribution is 5.83. The van der Waals surface area contributed by atoms with Crippen LogP contribution in [0.3, 0.4) is 0 Å². The maximum absolute atomic E-state index is 4.78. The van der Waals surface area contributed by atoms with Gasteiger partial charge in [0.1, 0.15) is 0 Å². The molecule has 1 aliphatic rings. The van der Waals surface area contributed by atoms with E-state index in [0.717, 1.165) is 6.42 Å². The predicted octanol–water partition coefficient (Wildman–Crippen LogP) is 9.46. The Morgan fingerprint density at radius 3 is 2.35 bits per heavy atom. The first-order chi connectivity index (χ1) is 16.3. The van der Waals surface area contributed by atoms with E-state index in [-0.39, 0.29) is 0 Å². The maximum Gasteiger partial charge on any atom is 0.0707 e. The third-order valence-electron chi connectivity index (χ3n) is 7.76. The number of allylic oxidation sites excluding steroid dienone is 1. The van der Waals surface area contributed by atoms with Crippen LogP contribution in [0.25, 0.3) is 22.3 Å². The van der Waals surface area contributed by atoms with Gasteiger partial charge in [0.2, 0.25) is 0 Å². The normalized spacial score (nSPS) is 15.6. The SMILES string of the molecule is C=C(CC(C)C(C)C)c1cc2c(-c3ccnn3C3CCCCC3)ccn2c(C(C)C)c1C.CC. The lowest BCUT2D eigenvalue weighted by molar-refractivity contribution is 0.332. The van der Waals surface area contributed by atoms with Crippen LogP contribution in [-0.4, -0.2) is 14.2 Å². The van der Waals surface area contributed by atoms with Crippen LogP contribution in [0.5, 0.6) is 0 Å². The number of pyridine rings is 1. The van der Waals surface area contributed by atoms with Crippen LogP contribution in [0.4, 0.5) is 0 Å². The minimum atomic E-state index is 0.441. The summed E-state index contributed by atoms with van der Waals surface area (Å²) in [5.74, 6) is 1.73. The number of hydrogen-bond acceptors (Lipinski definition) is 1. The Balaban J connectivity index is 0.00000158. The summed E-state index contributed by atoms with van der Waals surface area (Å²) in [6.07, 6.45) is 11.8. The molecule has 1 atom stereocenters. The summed E-state index contributed by atoms with van der Waals surface area (Å²) < 4.78 is 4.72. The van der Waals surface area contributed by atoms with Gasteiger partial charge in [-0.3, -0.25) is 4.68 Å². The number of fused-ring (bicyclic) bond motifs is 1. The third kappa shape index (κ3) is 5.19. The molecule has 0 aliphatic heterocycles. The molecule has 0 amide bonds. The number of hydrogen-bond donors (Lipinski definition) is 0. The van der Waals surface area contributed by atoms with Crippen LogP contribution >= 0.6 is 0 Å². The van der Waals surface area contributed by atoms with Crippen LogP contribution in [0.2, 0.25) is 0 Å². The molecule has 34 heavy (non-hydrogen) atoms. The Bertz CT molecular complexity index is 1090. The Morgan fingerprint density at radius 2 is 1.74 bits per heavy atom. The van der Waals surface area contributed by atoms with Crippen molar-refractivity contribution in [3.8, 4) is 11.3 Å². The zero-order chi connectivity index (χ0) is 25.0. The topological polar surface area (TPSA) is 22.2 Å². The molecule has 3 heteroatoms. The second kappa shape index (κ2) is 11.4. The summed E-state index contributed by atoms with van der Waals surface area (Å²) in [7, 11) is 0. The molecule has 3 aromatic heterocycles. The molecule has 0 spiro atoms. The Labute approximate surface area is 208 Å². The van der Waals surface area contributed by atoms with Crippen molar-refractivity contribution in [2.24, 2.45) is 11.8 Å².